The number of nitrogens with one attached hydrogen (secondary N) is 1. The number of aromatic amines is 1. The smallest absolute Gasteiger partial charge is 0.273 e. The lowest BCUT2D eigenvalue weighted by atomic mass is 10.0. The van der Waals surface area contributed by atoms with Gasteiger partial charge >= 0.3 is 0 Å². The number of pyridine rings is 1. The minimum atomic E-state index is -0.450. The molecule has 9 nitrogen and oxygen atoms in total. The van der Waals surface area contributed by atoms with Crippen molar-refractivity contribution in [2.24, 2.45) is 0 Å². The number of hydrogen-bond acceptors (Lipinski definition) is 7. The van der Waals surface area contributed by atoms with Gasteiger partial charge in [-0.1, -0.05) is 0 Å². The van der Waals surface area contributed by atoms with E-state index in [1.165, 1.54) is 19.2 Å². The molecule has 3 heterocycles. The summed E-state index contributed by atoms with van der Waals surface area (Å²) in [6.07, 6.45) is 3.98. The number of ether oxygens (including phenoxy) is 1. The van der Waals surface area contributed by atoms with Gasteiger partial charge in [-0.15, -0.1) is 0 Å². The van der Waals surface area contributed by atoms with Crippen LogP contribution >= 0.6 is 0 Å². The van der Waals surface area contributed by atoms with Gasteiger partial charge in [-0.3, -0.25) is 24.8 Å². The average Bonchev–Trinajstić information content (AvgIpc) is 2.74. The monoisotopic (exact) mass is 393 g/mol. The van der Waals surface area contributed by atoms with Crippen LogP contribution in [-0.2, 0) is 19.5 Å². The number of H-pyrrole nitrogens is 1. The molecule has 0 bridgehead atoms. The molecule has 148 valence electrons. The van der Waals surface area contributed by atoms with Crippen LogP contribution in [0, 0.1) is 10.1 Å². The van der Waals surface area contributed by atoms with E-state index in [9.17, 15) is 14.9 Å². The van der Waals surface area contributed by atoms with E-state index in [1.54, 1.807) is 24.5 Å². The van der Waals surface area contributed by atoms with Crippen LogP contribution in [0.1, 0.15) is 16.8 Å². The van der Waals surface area contributed by atoms with E-state index in [2.05, 4.69) is 19.9 Å². The average molecular weight is 393 g/mol. The summed E-state index contributed by atoms with van der Waals surface area (Å²) in [6.45, 7) is 1.69. The SMILES string of the molecule is COc1cc([N+](=O)[O-])ccc1CN1CCc2nc(-c3cccnc3)[nH]c(=O)c2C1. The molecule has 0 fully saturated rings. The van der Waals surface area contributed by atoms with Crippen LogP contribution in [0.15, 0.2) is 47.5 Å². The van der Waals surface area contributed by atoms with Crippen molar-refractivity contribution in [2.45, 2.75) is 19.5 Å². The predicted octanol–water partition coefficient (Wildman–Crippen LogP) is 2.31. The predicted molar refractivity (Wildman–Crippen MR) is 106 cm³/mol. The zero-order chi connectivity index (χ0) is 20.4. The summed E-state index contributed by atoms with van der Waals surface area (Å²) in [5.74, 6) is 0.983. The molecule has 0 saturated heterocycles. The molecule has 1 aliphatic heterocycles. The third-order valence-electron chi connectivity index (χ3n) is 4.96. The Balaban J connectivity index is 1.57. The van der Waals surface area contributed by atoms with Crippen LogP contribution in [0.25, 0.3) is 11.4 Å². The molecule has 1 aromatic carbocycles. The first-order valence-electron chi connectivity index (χ1n) is 9.11. The molecule has 9 heteroatoms. The fourth-order valence-electron chi connectivity index (χ4n) is 3.47. The van der Waals surface area contributed by atoms with Crippen molar-refractivity contribution in [3.05, 3.63) is 80.0 Å². The van der Waals surface area contributed by atoms with Crippen molar-refractivity contribution in [3.8, 4) is 17.1 Å². The fourth-order valence-corrected chi connectivity index (χ4v) is 3.47. The zero-order valence-electron chi connectivity index (χ0n) is 15.8. The Bertz CT molecular complexity index is 1110. The maximum absolute atomic E-state index is 12.7. The van der Waals surface area contributed by atoms with Gasteiger partial charge in [0.1, 0.15) is 11.6 Å². The van der Waals surface area contributed by atoms with Crippen LogP contribution in [-0.4, -0.2) is 38.4 Å². The molecule has 1 N–H and O–H groups in total. The standard InChI is InChI=1S/C20H19N5O4/c1-29-18-9-15(25(27)28)5-4-14(18)11-24-8-6-17-16(12-24)20(26)23-19(22-17)13-3-2-7-21-10-13/h2-5,7,9-10H,6,8,11-12H2,1H3,(H,22,23,26). The maximum atomic E-state index is 12.7. The molecule has 0 unspecified atom stereocenters. The highest BCUT2D eigenvalue weighted by atomic mass is 16.6. The molecule has 0 atom stereocenters. The number of methoxy groups -OCH3 is 1. The molecule has 4 rings (SSSR count). The van der Waals surface area contributed by atoms with Crippen molar-refractivity contribution < 1.29 is 9.66 Å². The highest BCUT2D eigenvalue weighted by molar-refractivity contribution is 5.53. The van der Waals surface area contributed by atoms with Gasteiger partial charge in [-0.25, -0.2) is 4.98 Å². The molecule has 0 amide bonds. The minimum Gasteiger partial charge on any atom is -0.496 e. The van der Waals surface area contributed by atoms with E-state index in [-0.39, 0.29) is 11.2 Å². The summed E-state index contributed by atoms with van der Waals surface area (Å²) >= 11 is 0. The summed E-state index contributed by atoms with van der Waals surface area (Å²) in [7, 11) is 1.49. The minimum absolute atomic E-state index is 0.0156. The molecular formula is C20H19N5O4. The second kappa shape index (κ2) is 7.80. The lowest BCUT2D eigenvalue weighted by Crippen LogP contribution is -2.35. The number of hydrogen-bond donors (Lipinski definition) is 1. The number of fused-ring (bicyclic) bond motifs is 1. The van der Waals surface area contributed by atoms with Crippen LogP contribution in [0.2, 0.25) is 0 Å². The van der Waals surface area contributed by atoms with Crippen molar-refractivity contribution >= 4 is 5.69 Å². The van der Waals surface area contributed by atoms with E-state index in [0.29, 0.717) is 36.6 Å². The highest BCUT2D eigenvalue weighted by Gasteiger charge is 2.23. The van der Waals surface area contributed by atoms with Crippen molar-refractivity contribution in [1.82, 2.24) is 19.9 Å². The van der Waals surface area contributed by atoms with Gasteiger partial charge in [0.2, 0.25) is 0 Å². The Morgan fingerprint density at radius 2 is 2.21 bits per heavy atom. The molecule has 3 aromatic rings. The number of benzene rings is 1. The van der Waals surface area contributed by atoms with E-state index in [4.69, 9.17) is 4.74 Å². The normalized spacial score (nSPS) is 13.7. The zero-order valence-corrected chi connectivity index (χ0v) is 15.8. The summed E-state index contributed by atoms with van der Waals surface area (Å²) in [5, 5.41) is 11.0. The van der Waals surface area contributed by atoms with Gasteiger partial charge in [0.05, 0.1) is 29.4 Å². The number of non-ortho nitro benzene ring substituents is 1. The Morgan fingerprint density at radius 1 is 1.34 bits per heavy atom. The lowest BCUT2D eigenvalue weighted by Gasteiger charge is -2.28. The molecule has 0 saturated carbocycles. The first-order chi connectivity index (χ1) is 14.0. The van der Waals surface area contributed by atoms with Crippen molar-refractivity contribution in [2.75, 3.05) is 13.7 Å². The number of nitrogens with zero attached hydrogens (tertiary/aromatic N) is 4. The Morgan fingerprint density at radius 3 is 2.93 bits per heavy atom. The first kappa shape index (κ1) is 18.8. The number of rotatable bonds is 5. The van der Waals surface area contributed by atoms with Gasteiger partial charge in [0, 0.05) is 55.6 Å². The summed E-state index contributed by atoms with van der Waals surface area (Å²) in [4.78, 5) is 36.8. The first-order valence-corrected chi connectivity index (χ1v) is 9.11. The molecule has 2 aromatic heterocycles. The Kier molecular flexibility index (Phi) is 5.05. The van der Waals surface area contributed by atoms with Crippen molar-refractivity contribution in [1.29, 1.82) is 0 Å². The summed E-state index contributed by atoms with van der Waals surface area (Å²) in [6, 6.07) is 8.23. The van der Waals surface area contributed by atoms with E-state index in [0.717, 1.165) is 23.4 Å². The van der Waals surface area contributed by atoms with Crippen LogP contribution in [0.4, 0.5) is 5.69 Å². The van der Waals surface area contributed by atoms with Crippen LogP contribution < -0.4 is 10.3 Å². The molecule has 0 spiro atoms. The van der Waals surface area contributed by atoms with Crippen LogP contribution in [0.5, 0.6) is 5.75 Å². The van der Waals surface area contributed by atoms with Gasteiger partial charge in [0.25, 0.3) is 11.2 Å². The number of aromatic nitrogens is 3. The Hall–Kier alpha value is -3.59. The molecule has 29 heavy (non-hydrogen) atoms. The summed E-state index contributed by atoms with van der Waals surface area (Å²) in [5.41, 5.74) is 2.86. The second-order valence-electron chi connectivity index (χ2n) is 6.80. The fraction of sp³-hybridized carbons (Fsp3) is 0.250. The third kappa shape index (κ3) is 3.85. The molecule has 1 aliphatic rings. The van der Waals surface area contributed by atoms with Gasteiger partial charge in [-0.05, 0) is 18.2 Å². The van der Waals surface area contributed by atoms with Crippen LogP contribution in [0.3, 0.4) is 0 Å². The number of nitro groups is 1. The maximum Gasteiger partial charge on any atom is 0.273 e. The summed E-state index contributed by atoms with van der Waals surface area (Å²) < 4.78 is 5.32. The van der Waals surface area contributed by atoms with E-state index < -0.39 is 4.92 Å². The molecular weight excluding hydrogens is 374 g/mol. The van der Waals surface area contributed by atoms with Crippen molar-refractivity contribution in [3.63, 3.8) is 0 Å². The van der Waals surface area contributed by atoms with Gasteiger partial charge in [0.15, 0.2) is 0 Å². The topological polar surface area (TPSA) is 114 Å². The second-order valence-corrected chi connectivity index (χ2v) is 6.80. The lowest BCUT2D eigenvalue weighted by molar-refractivity contribution is -0.384. The highest BCUT2D eigenvalue weighted by Crippen LogP contribution is 2.27. The largest absolute Gasteiger partial charge is 0.496 e. The third-order valence-corrected chi connectivity index (χ3v) is 4.96. The number of nitro benzene ring substituents is 1. The quantitative estimate of drug-likeness (QED) is 0.522. The molecule has 0 radical (unpaired) electrons. The van der Waals surface area contributed by atoms with Gasteiger partial charge < -0.3 is 9.72 Å². The van der Waals surface area contributed by atoms with E-state index in [1.807, 2.05) is 6.07 Å². The van der Waals surface area contributed by atoms with Gasteiger partial charge in [-0.2, -0.15) is 0 Å². The Labute approximate surface area is 166 Å². The molecule has 0 aliphatic carbocycles. The van der Waals surface area contributed by atoms with E-state index >= 15 is 0 Å².